The molecule has 240 valence electrons. The molecule has 4 aromatic rings. The number of cyclic esters (lactones) is 1. The number of carbonyl (C=O) groups excluding carboxylic acids is 2. The largest absolute Gasteiger partial charge is 0.496 e. The lowest BCUT2D eigenvalue weighted by Crippen LogP contribution is -2.31. The monoisotopic (exact) mass is 743 g/mol. The maximum absolute atomic E-state index is 13.6. The zero-order valence-electron chi connectivity index (χ0n) is 26.2. The Balaban J connectivity index is 1.55. The molecule has 2 atom stereocenters. The summed E-state index contributed by atoms with van der Waals surface area (Å²) in [5.41, 5.74) is 6.63. The summed E-state index contributed by atoms with van der Waals surface area (Å²) < 4.78 is 58.1. The van der Waals surface area contributed by atoms with Crippen molar-refractivity contribution in [2.24, 2.45) is 0 Å². The number of aryl methyl sites for hydroxylation is 3. The van der Waals surface area contributed by atoms with Gasteiger partial charge in [-0.25, -0.2) is 9.59 Å². The Hall–Kier alpha value is -4.06. The van der Waals surface area contributed by atoms with Gasteiger partial charge in [-0.2, -0.15) is 13.2 Å². The number of hydrogen-bond acceptors (Lipinski definition) is 5. The molecule has 4 aromatic carbocycles. The molecule has 0 aromatic heterocycles. The van der Waals surface area contributed by atoms with Crippen molar-refractivity contribution in [1.82, 2.24) is 4.90 Å². The third-order valence-electron chi connectivity index (χ3n) is 8.23. The van der Waals surface area contributed by atoms with Crippen molar-refractivity contribution < 1.29 is 37.0 Å². The van der Waals surface area contributed by atoms with Gasteiger partial charge in [0, 0.05) is 14.7 Å². The molecule has 1 heterocycles. The summed E-state index contributed by atoms with van der Waals surface area (Å²) >= 11 is 2.27. The average molecular weight is 744 g/mol. The van der Waals surface area contributed by atoms with E-state index in [1.54, 1.807) is 44.1 Å². The van der Waals surface area contributed by atoms with Crippen LogP contribution in [0.25, 0.3) is 22.3 Å². The molecule has 46 heavy (non-hydrogen) atoms. The maximum atomic E-state index is 13.6. The molecule has 0 aliphatic carbocycles. The summed E-state index contributed by atoms with van der Waals surface area (Å²) in [4.78, 5) is 26.9. The molecule has 0 bridgehead atoms. The highest BCUT2D eigenvalue weighted by molar-refractivity contribution is 14.1. The fraction of sp³-hybridized carbons (Fsp3) is 0.278. The number of amides is 1. The number of carbonyl (C=O) groups is 2. The highest BCUT2D eigenvalue weighted by Crippen LogP contribution is 2.42. The predicted molar refractivity (Wildman–Crippen MR) is 178 cm³/mol. The quantitative estimate of drug-likeness (QED) is 0.140. The molecule has 1 amide bonds. The van der Waals surface area contributed by atoms with Gasteiger partial charge in [0.15, 0.2) is 0 Å². The van der Waals surface area contributed by atoms with Gasteiger partial charge in [-0.05, 0) is 126 Å². The predicted octanol–water partition coefficient (Wildman–Crippen LogP) is 9.45. The van der Waals surface area contributed by atoms with Crippen molar-refractivity contribution in [3.05, 3.63) is 109 Å². The van der Waals surface area contributed by atoms with Crippen LogP contribution < -0.4 is 4.74 Å². The van der Waals surface area contributed by atoms with E-state index in [-0.39, 0.29) is 6.54 Å². The van der Waals surface area contributed by atoms with Crippen molar-refractivity contribution >= 4 is 34.7 Å². The summed E-state index contributed by atoms with van der Waals surface area (Å²) in [6, 6.07) is 18.5. The second-order valence-corrected chi connectivity index (χ2v) is 12.7. The van der Waals surface area contributed by atoms with E-state index in [4.69, 9.17) is 14.2 Å². The molecule has 0 spiro atoms. The van der Waals surface area contributed by atoms with Gasteiger partial charge in [0.1, 0.15) is 11.9 Å². The van der Waals surface area contributed by atoms with Crippen molar-refractivity contribution in [3.8, 4) is 28.0 Å². The van der Waals surface area contributed by atoms with Gasteiger partial charge >= 0.3 is 18.2 Å². The number of methoxy groups -OCH3 is 2. The molecular weight excluding hydrogens is 710 g/mol. The third kappa shape index (κ3) is 6.58. The number of ether oxygens (including phenoxy) is 3. The number of halogens is 4. The van der Waals surface area contributed by atoms with E-state index in [2.05, 4.69) is 22.6 Å². The molecule has 1 aliphatic heterocycles. The van der Waals surface area contributed by atoms with Crippen LogP contribution in [0.5, 0.6) is 5.75 Å². The van der Waals surface area contributed by atoms with Crippen molar-refractivity contribution in [1.29, 1.82) is 0 Å². The molecule has 0 radical (unpaired) electrons. The van der Waals surface area contributed by atoms with Crippen molar-refractivity contribution in [2.75, 3.05) is 14.2 Å². The highest BCUT2D eigenvalue weighted by atomic mass is 127. The van der Waals surface area contributed by atoms with Crippen LogP contribution in [0.1, 0.15) is 56.8 Å². The maximum Gasteiger partial charge on any atom is 0.416 e. The molecule has 6 nitrogen and oxygen atoms in total. The first-order chi connectivity index (χ1) is 21.7. The van der Waals surface area contributed by atoms with Crippen molar-refractivity contribution in [2.45, 2.75) is 52.6 Å². The van der Waals surface area contributed by atoms with Crippen LogP contribution in [0.15, 0.2) is 66.7 Å². The minimum absolute atomic E-state index is 0.168. The number of nitrogens with zero attached hydrogens (tertiary/aromatic N) is 1. The lowest BCUT2D eigenvalue weighted by Gasteiger charge is -2.24. The molecule has 10 heteroatoms. The van der Waals surface area contributed by atoms with Crippen LogP contribution in [0.4, 0.5) is 18.0 Å². The lowest BCUT2D eigenvalue weighted by atomic mass is 9.91. The van der Waals surface area contributed by atoms with Gasteiger partial charge in [-0.3, -0.25) is 4.90 Å². The Labute approximate surface area is 279 Å². The van der Waals surface area contributed by atoms with Gasteiger partial charge in [0.05, 0.1) is 37.9 Å². The zero-order valence-corrected chi connectivity index (χ0v) is 28.4. The van der Waals surface area contributed by atoms with Crippen LogP contribution in [0.3, 0.4) is 0 Å². The smallest absolute Gasteiger partial charge is 0.416 e. The number of esters is 1. The summed E-state index contributed by atoms with van der Waals surface area (Å²) in [6.07, 6.45) is -5.98. The normalized spacial score (nSPS) is 16.4. The number of rotatable bonds is 7. The molecule has 5 rings (SSSR count). The van der Waals surface area contributed by atoms with E-state index in [0.29, 0.717) is 22.4 Å². The van der Waals surface area contributed by atoms with Gasteiger partial charge in [-0.1, -0.05) is 29.8 Å². The first kappa shape index (κ1) is 33.3. The fourth-order valence-corrected chi connectivity index (χ4v) is 7.16. The Kier molecular flexibility index (Phi) is 9.40. The lowest BCUT2D eigenvalue weighted by molar-refractivity contribution is -0.137. The zero-order chi connectivity index (χ0) is 33.5. The number of benzene rings is 4. The molecular formula is C36H33F3INO5. The molecule has 1 aliphatic rings. The van der Waals surface area contributed by atoms with Gasteiger partial charge in [0.25, 0.3) is 0 Å². The number of alkyl halides is 3. The highest BCUT2D eigenvalue weighted by Gasteiger charge is 2.41. The van der Waals surface area contributed by atoms with Crippen LogP contribution in [0.2, 0.25) is 0 Å². The second-order valence-electron chi connectivity index (χ2n) is 11.5. The topological polar surface area (TPSA) is 65.1 Å². The third-order valence-corrected chi connectivity index (χ3v) is 9.08. The Morgan fingerprint density at radius 2 is 1.65 bits per heavy atom. The molecule has 1 saturated heterocycles. The number of hydrogen-bond donors (Lipinski definition) is 0. The first-order valence-corrected chi connectivity index (χ1v) is 15.6. The molecule has 0 N–H and O–H groups in total. The SMILES string of the molecule is COC(=O)c1ccc(-c2ccc(OC)c(-c3c(I)cc(C)cc3CN3C(=O)O[C@H](c4cc(C)cc(C(F)(F)F)c4)[C@@H]3C)c2)c(C)c1. The van der Waals surface area contributed by atoms with E-state index >= 15 is 0 Å². The first-order valence-electron chi connectivity index (χ1n) is 14.5. The van der Waals surface area contributed by atoms with Crippen LogP contribution >= 0.6 is 22.6 Å². The minimum Gasteiger partial charge on any atom is -0.496 e. The standard InChI is InChI=1S/C36H33F3INO5/c1-19-11-25(16-27(13-19)36(37,38)39)33-22(4)41(35(43)46-33)18-26-12-20(2)14-30(40)32(26)29-17-23(8-10-31(29)44-5)28-9-7-24(15-21(28)3)34(42)45-6/h7-17,22,33H,18H2,1-6H3/t22-,33-/m0/s1. The summed E-state index contributed by atoms with van der Waals surface area (Å²) in [5, 5.41) is 0. The molecule has 0 unspecified atom stereocenters. The summed E-state index contributed by atoms with van der Waals surface area (Å²) in [5.74, 6) is 0.217. The Morgan fingerprint density at radius 1 is 0.935 bits per heavy atom. The van der Waals surface area contributed by atoms with E-state index in [0.717, 1.165) is 54.6 Å². The summed E-state index contributed by atoms with van der Waals surface area (Å²) in [6.45, 7) is 7.44. The van der Waals surface area contributed by atoms with Crippen LogP contribution in [0, 0.1) is 24.3 Å². The Bertz CT molecular complexity index is 1840. The van der Waals surface area contributed by atoms with E-state index < -0.39 is 35.9 Å². The van der Waals surface area contributed by atoms with E-state index in [9.17, 15) is 22.8 Å². The van der Waals surface area contributed by atoms with Gasteiger partial charge in [0.2, 0.25) is 0 Å². The van der Waals surface area contributed by atoms with Crippen molar-refractivity contribution in [3.63, 3.8) is 0 Å². The minimum atomic E-state index is -4.52. The Morgan fingerprint density at radius 3 is 2.30 bits per heavy atom. The van der Waals surface area contributed by atoms with E-state index in [1.807, 2.05) is 50.2 Å². The average Bonchev–Trinajstić information content (AvgIpc) is 3.28. The molecule has 1 fully saturated rings. The summed E-state index contributed by atoms with van der Waals surface area (Å²) in [7, 11) is 2.94. The second kappa shape index (κ2) is 13.0. The fourth-order valence-electron chi connectivity index (χ4n) is 6.03. The molecule has 0 saturated carbocycles. The van der Waals surface area contributed by atoms with Gasteiger partial charge in [-0.15, -0.1) is 0 Å². The van der Waals surface area contributed by atoms with Crippen LogP contribution in [-0.2, 0) is 22.2 Å². The van der Waals surface area contributed by atoms with Crippen LogP contribution in [-0.4, -0.2) is 37.2 Å². The van der Waals surface area contributed by atoms with E-state index in [1.165, 1.54) is 7.11 Å². The van der Waals surface area contributed by atoms with Gasteiger partial charge < -0.3 is 14.2 Å².